The van der Waals surface area contributed by atoms with E-state index in [4.69, 9.17) is 4.74 Å². The Balaban J connectivity index is 1.81. The van der Waals surface area contributed by atoms with Gasteiger partial charge in [-0.1, -0.05) is 6.07 Å². The van der Waals surface area contributed by atoms with Gasteiger partial charge in [-0.05, 0) is 31.2 Å². The Kier molecular flexibility index (Phi) is 7.24. The lowest BCUT2D eigenvalue weighted by Gasteiger charge is -2.31. The molecular formula is C17H25N3O4S. The predicted molar refractivity (Wildman–Crippen MR) is 95.3 cm³/mol. The summed E-state index contributed by atoms with van der Waals surface area (Å²) in [5, 5.41) is 7.76. The maximum absolute atomic E-state index is 12.4. The summed E-state index contributed by atoms with van der Waals surface area (Å²) in [6.45, 7) is 4.74. The molecule has 25 heavy (non-hydrogen) atoms. The van der Waals surface area contributed by atoms with Crippen LogP contribution in [0.15, 0.2) is 17.5 Å². The van der Waals surface area contributed by atoms with Crippen LogP contribution in [0.3, 0.4) is 0 Å². The van der Waals surface area contributed by atoms with Gasteiger partial charge in [0.15, 0.2) is 0 Å². The molecule has 3 amide bonds. The van der Waals surface area contributed by atoms with Crippen molar-refractivity contribution >= 4 is 29.2 Å². The lowest BCUT2D eigenvalue weighted by molar-refractivity contribution is -0.123. The minimum absolute atomic E-state index is 0.0412. The molecule has 1 aromatic rings. The van der Waals surface area contributed by atoms with Crippen molar-refractivity contribution in [2.75, 3.05) is 19.7 Å². The van der Waals surface area contributed by atoms with Gasteiger partial charge in [0.25, 0.3) is 0 Å². The summed E-state index contributed by atoms with van der Waals surface area (Å²) in [5.74, 6) is -0.254. The van der Waals surface area contributed by atoms with E-state index in [2.05, 4.69) is 10.6 Å². The van der Waals surface area contributed by atoms with E-state index in [-0.39, 0.29) is 36.4 Å². The SMILES string of the molecule is CCOC(=O)N1CCC(NC(=O)CC(NC(C)=O)c2cccs2)CC1. The number of nitrogens with zero attached hydrogens (tertiary/aromatic N) is 1. The smallest absolute Gasteiger partial charge is 0.409 e. The minimum atomic E-state index is -0.308. The monoisotopic (exact) mass is 367 g/mol. The quantitative estimate of drug-likeness (QED) is 0.805. The molecule has 1 saturated heterocycles. The Labute approximate surface area is 151 Å². The Morgan fingerprint density at radius 1 is 1.36 bits per heavy atom. The van der Waals surface area contributed by atoms with Crippen molar-refractivity contribution in [3.8, 4) is 0 Å². The second-order valence-corrected chi connectivity index (χ2v) is 6.98. The van der Waals surface area contributed by atoms with Crippen molar-refractivity contribution in [3.63, 3.8) is 0 Å². The second-order valence-electron chi connectivity index (χ2n) is 6.00. The molecule has 2 rings (SSSR count). The molecule has 1 aliphatic heterocycles. The van der Waals surface area contributed by atoms with Crippen molar-refractivity contribution in [2.45, 2.75) is 45.2 Å². The molecule has 0 spiro atoms. The number of hydrogen-bond donors (Lipinski definition) is 2. The summed E-state index contributed by atoms with van der Waals surface area (Å²) in [4.78, 5) is 38.0. The van der Waals surface area contributed by atoms with E-state index >= 15 is 0 Å². The van der Waals surface area contributed by atoms with Crippen LogP contribution in [-0.2, 0) is 14.3 Å². The van der Waals surface area contributed by atoms with Crippen LogP contribution >= 0.6 is 11.3 Å². The van der Waals surface area contributed by atoms with Gasteiger partial charge in [0.2, 0.25) is 11.8 Å². The zero-order chi connectivity index (χ0) is 18.2. The number of rotatable bonds is 6. The fourth-order valence-electron chi connectivity index (χ4n) is 2.85. The number of hydrogen-bond acceptors (Lipinski definition) is 5. The average Bonchev–Trinajstić information content (AvgIpc) is 3.09. The van der Waals surface area contributed by atoms with Crippen molar-refractivity contribution < 1.29 is 19.1 Å². The predicted octanol–water partition coefficient (Wildman–Crippen LogP) is 2.05. The molecule has 1 unspecified atom stereocenters. The number of carbonyl (C=O) groups is 3. The molecule has 2 N–H and O–H groups in total. The highest BCUT2D eigenvalue weighted by Gasteiger charge is 2.26. The van der Waals surface area contributed by atoms with E-state index in [1.165, 1.54) is 18.3 Å². The first-order chi connectivity index (χ1) is 12.0. The molecule has 0 aliphatic carbocycles. The first-order valence-electron chi connectivity index (χ1n) is 8.51. The number of amides is 3. The Bertz CT molecular complexity index is 583. The van der Waals surface area contributed by atoms with Crippen LogP contribution in [-0.4, -0.2) is 48.5 Å². The number of piperidine rings is 1. The molecule has 0 aromatic carbocycles. The highest BCUT2D eigenvalue weighted by molar-refractivity contribution is 7.10. The average molecular weight is 367 g/mol. The second kappa shape index (κ2) is 9.41. The van der Waals surface area contributed by atoms with Crippen LogP contribution < -0.4 is 10.6 Å². The fraction of sp³-hybridized carbons (Fsp3) is 0.588. The van der Waals surface area contributed by atoms with Gasteiger partial charge < -0.3 is 20.3 Å². The third-order valence-electron chi connectivity index (χ3n) is 4.04. The molecule has 1 aliphatic rings. The molecule has 0 bridgehead atoms. The molecular weight excluding hydrogens is 342 g/mol. The Morgan fingerprint density at radius 3 is 2.64 bits per heavy atom. The first-order valence-corrected chi connectivity index (χ1v) is 9.39. The van der Waals surface area contributed by atoms with Gasteiger partial charge in [-0.3, -0.25) is 9.59 Å². The maximum Gasteiger partial charge on any atom is 0.409 e. The van der Waals surface area contributed by atoms with Crippen LogP contribution in [0.25, 0.3) is 0 Å². The van der Waals surface area contributed by atoms with E-state index in [0.29, 0.717) is 32.5 Å². The van der Waals surface area contributed by atoms with Gasteiger partial charge in [0.05, 0.1) is 19.1 Å². The first kappa shape index (κ1) is 19.2. The van der Waals surface area contributed by atoms with Crippen LogP contribution in [0.2, 0.25) is 0 Å². The van der Waals surface area contributed by atoms with Crippen LogP contribution in [0.1, 0.15) is 44.0 Å². The third-order valence-corrected chi connectivity index (χ3v) is 5.03. The number of likely N-dealkylation sites (tertiary alicyclic amines) is 1. The minimum Gasteiger partial charge on any atom is -0.450 e. The lowest BCUT2D eigenvalue weighted by atomic mass is 10.0. The van der Waals surface area contributed by atoms with Gasteiger partial charge in [-0.25, -0.2) is 4.79 Å². The van der Waals surface area contributed by atoms with Crippen LogP contribution in [0.5, 0.6) is 0 Å². The van der Waals surface area contributed by atoms with Crippen molar-refractivity contribution in [1.82, 2.24) is 15.5 Å². The van der Waals surface area contributed by atoms with E-state index in [9.17, 15) is 14.4 Å². The number of nitrogens with one attached hydrogen (secondary N) is 2. The van der Waals surface area contributed by atoms with E-state index in [0.717, 1.165) is 4.88 Å². The summed E-state index contributed by atoms with van der Waals surface area (Å²) in [7, 11) is 0. The Morgan fingerprint density at radius 2 is 2.08 bits per heavy atom. The molecule has 1 atom stereocenters. The van der Waals surface area contributed by atoms with Gasteiger partial charge in [-0.2, -0.15) is 0 Å². The van der Waals surface area contributed by atoms with Crippen molar-refractivity contribution in [1.29, 1.82) is 0 Å². The largest absolute Gasteiger partial charge is 0.450 e. The topological polar surface area (TPSA) is 87.7 Å². The van der Waals surface area contributed by atoms with E-state index in [1.54, 1.807) is 11.8 Å². The van der Waals surface area contributed by atoms with Gasteiger partial charge >= 0.3 is 6.09 Å². The fourth-order valence-corrected chi connectivity index (χ4v) is 3.63. The lowest BCUT2D eigenvalue weighted by Crippen LogP contribution is -2.47. The number of ether oxygens (including phenoxy) is 1. The zero-order valence-electron chi connectivity index (χ0n) is 14.6. The summed E-state index contributed by atoms with van der Waals surface area (Å²) in [6, 6.07) is 3.55. The van der Waals surface area contributed by atoms with E-state index in [1.807, 2.05) is 17.5 Å². The number of thiophene rings is 1. The molecule has 0 radical (unpaired) electrons. The summed E-state index contributed by atoms with van der Waals surface area (Å²) >= 11 is 1.52. The molecule has 7 nitrogen and oxygen atoms in total. The molecule has 1 fully saturated rings. The van der Waals surface area contributed by atoms with Crippen LogP contribution in [0, 0.1) is 0 Å². The van der Waals surface area contributed by atoms with Gasteiger partial charge in [0, 0.05) is 30.9 Å². The zero-order valence-corrected chi connectivity index (χ0v) is 15.4. The van der Waals surface area contributed by atoms with Gasteiger partial charge in [-0.15, -0.1) is 11.3 Å². The third kappa shape index (κ3) is 6.04. The number of carbonyl (C=O) groups excluding carboxylic acids is 3. The Hall–Kier alpha value is -2.09. The van der Waals surface area contributed by atoms with Crippen molar-refractivity contribution in [2.24, 2.45) is 0 Å². The maximum atomic E-state index is 12.4. The van der Waals surface area contributed by atoms with E-state index < -0.39 is 0 Å². The molecule has 1 aromatic heterocycles. The molecule has 138 valence electrons. The molecule has 2 heterocycles. The summed E-state index contributed by atoms with van der Waals surface area (Å²) in [6.07, 6.45) is 1.32. The highest BCUT2D eigenvalue weighted by atomic mass is 32.1. The molecule has 8 heteroatoms. The summed E-state index contributed by atoms with van der Waals surface area (Å²) in [5.41, 5.74) is 0. The normalized spacial score (nSPS) is 16.2. The van der Waals surface area contributed by atoms with Gasteiger partial charge in [0.1, 0.15) is 0 Å². The standard InChI is InChI=1S/C17H25N3O4S/c1-3-24-17(23)20-8-6-13(7-9-20)19-16(22)11-14(18-12(2)21)15-5-4-10-25-15/h4-5,10,13-14H,3,6-9,11H2,1-2H3,(H,18,21)(H,19,22). The van der Waals surface area contributed by atoms with Crippen molar-refractivity contribution in [3.05, 3.63) is 22.4 Å². The molecule has 0 saturated carbocycles. The van der Waals surface area contributed by atoms with Crippen LogP contribution in [0.4, 0.5) is 4.79 Å². The summed E-state index contributed by atoms with van der Waals surface area (Å²) < 4.78 is 4.99. The highest BCUT2D eigenvalue weighted by Crippen LogP contribution is 2.22.